The van der Waals surface area contributed by atoms with Crippen LogP contribution in [0.25, 0.3) is 0 Å². The molecule has 0 radical (unpaired) electrons. The van der Waals surface area contributed by atoms with Crippen molar-refractivity contribution < 1.29 is 29.4 Å². The smallest absolute Gasteiger partial charge is 0.323 e. The van der Waals surface area contributed by atoms with Gasteiger partial charge in [0, 0.05) is 11.3 Å². The number of hydrogen-bond acceptors (Lipinski definition) is 4. The van der Waals surface area contributed by atoms with E-state index in [-0.39, 0.29) is 5.56 Å². The van der Waals surface area contributed by atoms with Crippen molar-refractivity contribution in [2.75, 3.05) is 18.4 Å². The number of primary amides is 1. The molecule has 1 aromatic rings. The number of nitrogens with two attached hydrogens (primary N) is 1. The Morgan fingerprint density at radius 2 is 1.48 bits per heavy atom. The molecule has 21 heavy (non-hydrogen) atoms. The van der Waals surface area contributed by atoms with Crippen molar-refractivity contribution in [3.8, 4) is 0 Å². The van der Waals surface area contributed by atoms with Crippen LogP contribution in [0.3, 0.4) is 0 Å². The van der Waals surface area contributed by atoms with E-state index in [1.165, 1.54) is 24.3 Å². The summed E-state index contributed by atoms with van der Waals surface area (Å²) in [6, 6.07) is 4.65. The van der Waals surface area contributed by atoms with Crippen molar-refractivity contribution in [1.82, 2.24) is 4.90 Å². The molecule has 0 atom stereocenters. The molecule has 0 heterocycles. The zero-order valence-electron chi connectivity index (χ0n) is 10.8. The van der Waals surface area contributed by atoms with Crippen LogP contribution >= 0.6 is 0 Å². The van der Waals surface area contributed by atoms with Gasteiger partial charge >= 0.3 is 18.0 Å². The van der Waals surface area contributed by atoms with Gasteiger partial charge in [-0.25, -0.2) is 4.79 Å². The Hall–Kier alpha value is -3.10. The molecule has 9 heteroatoms. The number of anilines is 1. The summed E-state index contributed by atoms with van der Waals surface area (Å²) in [5, 5.41) is 19.7. The van der Waals surface area contributed by atoms with Gasteiger partial charge in [-0.1, -0.05) is 0 Å². The van der Waals surface area contributed by atoms with Gasteiger partial charge in [0.25, 0.3) is 5.91 Å². The lowest BCUT2D eigenvalue weighted by atomic mass is 10.1. The van der Waals surface area contributed by atoms with Gasteiger partial charge in [0.2, 0.25) is 0 Å². The number of carbonyl (C=O) groups is 4. The SMILES string of the molecule is NC(=O)Nc1ccc(C(=O)N(CC(=O)O)CC(=O)O)cc1. The van der Waals surface area contributed by atoms with E-state index in [9.17, 15) is 19.2 Å². The van der Waals surface area contributed by atoms with Gasteiger partial charge < -0.3 is 26.2 Å². The number of hydrogen-bond donors (Lipinski definition) is 4. The number of amides is 3. The lowest BCUT2D eigenvalue weighted by Gasteiger charge is -2.18. The first-order valence-corrected chi connectivity index (χ1v) is 5.69. The Morgan fingerprint density at radius 3 is 1.86 bits per heavy atom. The molecule has 5 N–H and O–H groups in total. The van der Waals surface area contributed by atoms with Crippen LogP contribution < -0.4 is 11.1 Å². The molecule has 3 amide bonds. The highest BCUT2D eigenvalue weighted by Gasteiger charge is 2.21. The molecular formula is C12H13N3O6. The standard InChI is InChI=1S/C12H13N3O6/c13-12(21)14-8-3-1-7(2-4-8)11(20)15(5-9(16)17)6-10(18)19/h1-4H,5-6H2,(H,16,17)(H,18,19)(H3,13,14,21). The third-order valence-electron chi connectivity index (χ3n) is 2.34. The highest BCUT2D eigenvalue weighted by atomic mass is 16.4. The number of urea groups is 1. The zero-order chi connectivity index (χ0) is 16.0. The van der Waals surface area contributed by atoms with Crippen LogP contribution in [0.1, 0.15) is 10.4 Å². The second kappa shape index (κ2) is 6.89. The van der Waals surface area contributed by atoms with E-state index in [1.54, 1.807) is 0 Å². The molecule has 0 aromatic heterocycles. The predicted octanol–water partition coefficient (Wildman–Crippen LogP) is -0.211. The third-order valence-corrected chi connectivity index (χ3v) is 2.34. The fraction of sp³-hybridized carbons (Fsp3) is 0.167. The maximum Gasteiger partial charge on any atom is 0.323 e. The van der Waals surface area contributed by atoms with Gasteiger partial charge in [-0.2, -0.15) is 0 Å². The van der Waals surface area contributed by atoms with Gasteiger partial charge in [-0.15, -0.1) is 0 Å². The molecule has 0 aliphatic rings. The fourth-order valence-corrected chi connectivity index (χ4v) is 1.55. The van der Waals surface area contributed by atoms with Gasteiger partial charge in [-0.3, -0.25) is 14.4 Å². The van der Waals surface area contributed by atoms with E-state index in [2.05, 4.69) is 5.32 Å². The number of benzene rings is 1. The quantitative estimate of drug-likeness (QED) is 0.570. The summed E-state index contributed by atoms with van der Waals surface area (Å²) < 4.78 is 0. The fourth-order valence-electron chi connectivity index (χ4n) is 1.55. The predicted molar refractivity (Wildman–Crippen MR) is 70.8 cm³/mol. The van der Waals surface area contributed by atoms with Crippen LogP contribution in [0.4, 0.5) is 10.5 Å². The minimum absolute atomic E-state index is 0.0903. The van der Waals surface area contributed by atoms with E-state index in [0.717, 1.165) is 0 Å². The number of nitrogens with one attached hydrogen (secondary N) is 1. The lowest BCUT2D eigenvalue weighted by molar-refractivity contribution is -0.140. The molecule has 112 valence electrons. The van der Waals surface area contributed by atoms with Crippen LogP contribution in [0.2, 0.25) is 0 Å². The van der Waals surface area contributed by atoms with E-state index >= 15 is 0 Å². The van der Waals surface area contributed by atoms with Gasteiger partial charge in [-0.05, 0) is 24.3 Å². The first-order chi connectivity index (χ1) is 9.79. The second-order valence-electron chi connectivity index (χ2n) is 4.02. The number of carboxylic acid groups (broad SMARTS) is 2. The number of carboxylic acids is 2. The van der Waals surface area contributed by atoms with E-state index < -0.39 is 37.0 Å². The summed E-state index contributed by atoms with van der Waals surface area (Å²) in [7, 11) is 0. The minimum Gasteiger partial charge on any atom is -0.480 e. The summed E-state index contributed by atoms with van der Waals surface area (Å²) in [6.45, 7) is -1.46. The first kappa shape index (κ1) is 16.0. The third kappa shape index (κ3) is 5.19. The highest BCUT2D eigenvalue weighted by Crippen LogP contribution is 2.11. The van der Waals surface area contributed by atoms with E-state index in [1.807, 2.05) is 0 Å². The Kier molecular flexibility index (Phi) is 5.24. The Morgan fingerprint density at radius 1 is 1.00 bits per heavy atom. The van der Waals surface area contributed by atoms with Crippen molar-refractivity contribution in [3.63, 3.8) is 0 Å². The van der Waals surface area contributed by atoms with Crippen molar-refractivity contribution in [3.05, 3.63) is 29.8 Å². The zero-order valence-corrected chi connectivity index (χ0v) is 10.8. The molecule has 0 saturated carbocycles. The number of aliphatic carboxylic acids is 2. The molecule has 0 saturated heterocycles. The Bertz CT molecular complexity index is 553. The monoisotopic (exact) mass is 295 g/mol. The second-order valence-corrected chi connectivity index (χ2v) is 4.02. The number of carbonyl (C=O) groups excluding carboxylic acids is 2. The summed E-state index contributed by atoms with van der Waals surface area (Å²) in [4.78, 5) is 44.7. The minimum atomic E-state index is -1.32. The summed E-state index contributed by atoms with van der Waals surface area (Å²) in [6.07, 6.45) is 0. The maximum absolute atomic E-state index is 12.0. The van der Waals surface area contributed by atoms with Crippen LogP contribution in [0.15, 0.2) is 24.3 Å². The molecule has 0 unspecified atom stereocenters. The van der Waals surface area contributed by atoms with Crippen LogP contribution in [-0.2, 0) is 9.59 Å². The van der Waals surface area contributed by atoms with Crippen LogP contribution in [0, 0.1) is 0 Å². The first-order valence-electron chi connectivity index (χ1n) is 5.69. The maximum atomic E-state index is 12.0. The molecular weight excluding hydrogens is 282 g/mol. The van der Waals surface area contributed by atoms with Crippen molar-refractivity contribution >= 4 is 29.6 Å². The summed E-state index contributed by atoms with van der Waals surface area (Å²) in [5.41, 5.74) is 5.36. The molecule has 0 aliphatic heterocycles. The molecule has 9 nitrogen and oxygen atoms in total. The Labute approximate surface area is 119 Å². The summed E-state index contributed by atoms with van der Waals surface area (Å²) in [5.74, 6) is -3.39. The number of nitrogens with zero attached hydrogens (tertiary/aromatic N) is 1. The van der Waals surface area contributed by atoms with Gasteiger partial charge in [0.05, 0.1) is 0 Å². The van der Waals surface area contributed by atoms with Gasteiger partial charge in [0.1, 0.15) is 13.1 Å². The summed E-state index contributed by atoms with van der Waals surface area (Å²) >= 11 is 0. The van der Waals surface area contributed by atoms with E-state index in [0.29, 0.717) is 10.6 Å². The van der Waals surface area contributed by atoms with Crippen LogP contribution in [-0.4, -0.2) is 52.1 Å². The molecule has 1 aromatic carbocycles. The molecule has 0 aliphatic carbocycles. The Balaban J connectivity index is 2.89. The topological polar surface area (TPSA) is 150 Å². The van der Waals surface area contributed by atoms with Crippen molar-refractivity contribution in [1.29, 1.82) is 0 Å². The molecule has 0 bridgehead atoms. The average Bonchev–Trinajstić information content (AvgIpc) is 2.36. The van der Waals surface area contributed by atoms with Crippen molar-refractivity contribution in [2.45, 2.75) is 0 Å². The van der Waals surface area contributed by atoms with E-state index in [4.69, 9.17) is 15.9 Å². The number of rotatable bonds is 6. The largest absolute Gasteiger partial charge is 0.480 e. The lowest BCUT2D eigenvalue weighted by Crippen LogP contribution is -2.39. The molecule has 0 fully saturated rings. The normalized spacial score (nSPS) is 9.71. The molecule has 0 spiro atoms. The van der Waals surface area contributed by atoms with Gasteiger partial charge in [0.15, 0.2) is 0 Å². The average molecular weight is 295 g/mol. The molecule has 1 rings (SSSR count). The van der Waals surface area contributed by atoms with Crippen LogP contribution in [0.5, 0.6) is 0 Å². The van der Waals surface area contributed by atoms with Crippen molar-refractivity contribution in [2.24, 2.45) is 5.73 Å². The highest BCUT2D eigenvalue weighted by molar-refractivity contribution is 5.98.